The Bertz CT molecular complexity index is 827. The number of nitriles is 1. The number of carbonyl (C=O) groups is 2. The molecule has 1 heterocycles. The number of aromatic nitrogens is 1. The summed E-state index contributed by atoms with van der Waals surface area (Å²) >= 11 is 0. The van der Waals surface area contributed by atoms with E-state index in [2.05, 4.69) is 10.3 Å². The molecule has 1 aromatic rings. The molecular weight excluding hydrogens is 362 g/mol. The van der Waals surface area contributed by atoms with Crippen molar-refractivity contribution < 1.29 is 27.9 Å². The Labute approximate surface area is 151 Å². The fourth-order valence-corrected chi connectivity index (χ4v) is 2.86. The van der Waals surface area contributed by atoms with Gasteiger partial charge in [0.2, 0.25) is 0 Å². The molecule has 0 radical (unpaired) electrons. The minimum atomic E-state index is -3.72. The number of carbonyl (C=O) groups excluding carboxylic acids is 2. The lowest BCUT2D eigenvalue weighted by atomic mass is 9.98. The molecule has 9 nitrogen and oxygen atoms in total. The Hall–Kier alpha value is -2.51. The van der Waals surface area contributed by atoms with E-state index < -0.39 is 27.3 Å². The number of anilines is 1. The van der Waals surface area contributed by atoms with Crippen molar-refractivity contribution in [1.82, 2.24) is 4.98 Å². The molecule has 0 bridgehead atoms. The van der Waals surface area contributed by atoms with E-state index in [1.165, 1.54) is 6.92 Å². The number of hydrogen-bond acceptors (Lipinski definition) is 8. The molecule has 10 heteroatoms. The predicted molar refractivity (Wildman–Crippen MR) is 91.8 cm³/mol. The third-order valence-corrected chi connectivity index (χ3v) is 4.57. The van der Waals surface area contributed by atoms with Gasteiger partial charge in [-0.2, -0.15) is 5.26 Å². The van der Waals surface area contributed by atoms with Crippen LogP contribution in [0.4, 0.5) is 5.69 Å². The third kappa shape index (κ3) is 6.09. The summed E-state index contributed by atoms with van der Waals surface area (Å²) in [6.45, 7) is 3.21. The zero-order chi connectivity index (χ0) is 20.0. The van der Waals surface area contributed by atoms with Gasteiger partial charge in [0.05, 0.1) is 18.5 Å². The van der Waals surface area contributed by atoms with Crippen LogP contribution < -0.4 is 5.32 Å². The Balaban J connectivity index is 2.83. The van der Waals surface area contributed by atoms with Gasteiger partial charge in [-0.25, -0.2) is 13.4 Å². The molecule has 0 saturated heterocycles. The summed E-state index contributed by atoms with van der Waals surface area (Å²) < 4.78 is 28.2. The van der Waals surface area contributed by atoms with E-state index in [4.69, 9.17) is 10.00 Å². The number of nitrogens with one attached hydrogen (secondary N) is 1. The SMILES string of the molecule is CCOC(=O)CCC[C@@](C)(O)C(=O)Nc1cnc(C#N)c(S(C)(=O)=O)c1. The first-order valence-electron chi connectivity index (χ1n) is 7.81. The van der Waals surface area contributed by atoms with Gasteiger partial charge in [-0.1, -0.05) is 0 Å². The number of nitrogens with zero attached hydrogens (tertiary/aromatic N) is 2. The summed E-state index contributed by atoms with van der Waals surface area (Å²) in [6, 6.07) is 2.77. The molecule has 1 amide bonds. The zero-order valence-electron chi connectivity index (χ0n) is 14.8. The van der Waals surface area contributed by atoms with Crippen LogP contribution in [0, 0.1) is 11.3 Å². The van der Waals surface area contributed by atoms with Crippen LogP contribution in [0.2, 0.25) is 0 Å². The molecule has 0 unspecified atom stereocenters. The summed E-state index contributed by atoms with van der Waals surface area (Å²) in [4.78, 5) is 26.9. The number of amides is 1. The number of ether oxygens (including phenoxy) is 1. The van der Waals surface area contributed by atoms with E-state index in [-0.39, 0.29) is 42.1 Å². The molecule has 0 aromatic carbocycles. The van der Waals surface area contributed by atoms with Crippen molar-refractivity contribution in [3.63, 3.8) is 0 Å². The molecule has 1 rings (SSSR count). The topological polar surface area (TPSA) is 146 Å². The summed E-state index contributed by atoms with van der Waals surface area (Å²) in [5, 5.41) is 21.6. The van der Waals surface area contributed by atoms with E-state index in [0.29, 0.717) is 0 Å². The minimum absolute atomic E-state index is 0.000287. The fraction of sp³-hybridized carbons (Fsp3) is 0.500. The van der Waals surface area contributed by atoms with Gasteiger partial charge in [-0.15, -0.1) is 0 Å². The van der Waals surface area contributed by atoms with Crippen molar-refractivity contribution in [3.05, 3.63) is 18.0 Å². The summed E-state index contributed by atoms with van der Waals surface area (Å²) in [5.74, 6) is -1.20. The number of esters is 1. The van der Waals surface area contributed by atoms with E-state index in [1.54, 1.807) is 13.0 Å². The molecule has 1 atom stereocenters. The summed E-state index contributed by atoms with van der Waals surface area (Å²) in [7, 11) is -3.72. The predicted octanol–water partition coefficient (Wildman–Crippen LogP) is 0.780. The lowest BCUT2D eigenvalue weighted by Crippen LogP contribution is -2.40. The molecule has 0 fully saturated rings. The van der Waals surface area contributed by atoms with Crippen molar-refractivity contribution >= 4 is 27.4 Å². The Morgan fingerprint density at radius 3 is 2.65 bits per heavy atom. The normalized spacial score (nSPS) is 13.3. The first-order chi connectivity index (χ1) is 12.0. The van der Waals surface area contributed by atoms with E-state index in [1.807, 2.05) is 0 Å². The molecule has 0 spiro atoms. The van der Waals surface area contributed by atoms with Crippen LogP contribution in [-0.4, -0.2) is 48.8 Å². The maximum Gasteiger partial charge on any atom is 0.305 e. The minimum Gasteiger partial charge on any atom is -0.466 e. The van der Waals surface area contributed by atoms with E-state index in [9.17, 15) is 23.1 Å². The molecule has 0 saturated carbocycles. The number of sulfone groups is 1. The van der Waals surface area contributed by atoms with Crippen LogP contribution in [0.15, 0.2) is 17.2 Å². The molecular formula is C16H21N3O6S. The van der Waals surface area contributed by atoms with Crippen LogP contribution >= 0.6 is 0 Å². The van der Waals surface area contributed by atoms with Gasteiger partial charge < -0.3 is 15.2 Å². The van der Waals surface area contributed by atoms with Gasteiger partial charge >= 0.3 is 5.97 Å². The highest BCUT2D eigenvalue weighted by Crippen LogP contribution is 2.21. The Morgan fingerprint density at radius 1 is 1.46 bits per heavy atom. The Kier molecular flexibility index (Phi) is 7.23. The Morgan fingerprint density at radius 2 is 2.12 bits per heavy atom. The quantitative estimate of drug-likeness (QED) is 0.626. The van der Waals surface area contributed by atoms with Gasteiger partial charge in [0, 0.05) is 12.7 Å². The maximum atomic E-state index is 12.2. The highest BCUT2D eigenvalue weighted by atomic mass is 32.2. The molecule has 0 aliphatic heterocycles. The number of pyridine rings is 1. The van der Waals surface area contributed by atoms with Gasteiger partial charge in [-0.3, -0.25) is 9.59 Å². The number of aliphatic hydroxyl groups is 1. The average molecular weight is 383 g/mol. The average Bonchev–Trinajstić information content (AvgIpc) is 2.54. The zero-order valence-corrected chi connectivity index (χ0v) is 15.6. The first-order valence-corrected chi connectivity index (χ1v) is 9.70. The molecule has 0 aliphatic carbocycles. The first kappa shape index (κ1) is 21.5. The van der Waals surface area contributed by atoms with E-state index in [0.717, 1.165) is 18.5 Å². The van der Waals surface area contributed by atoms with Crippen LogP contribution in [0.1, 0.15) is 38.8 Å². The fourth-order valence-electron chi connectivity index (χ4n) is 2.07. The largest absolute Gasteiger partial charge is 0.466 e. The summed E-state index contributed by atoms with van der Waals surface area (Å²) in [5.41, 5.74) is -2.04. The number of hydrogen-bond donors (Lipinski definition) is 2. The highest BCUT2D eigenvalue weighted by molar-refractivity contribution is 7.90. The van der Waals surface area contributed by atoms with E-state index >= 15 is 0 Å². The van der Waals surface area contributed by atoms with Crippen molar-refractivity contribution in [2.24, 2.45) is 0 Å². The number of rotatable bonds is 8. The molecule has 2 N–H and O–H groups in total. The van der Waals surface area contributed by atoms with Crippen LogP contribution in [0.25, 0.3) is 0 Å². The highest BCUT2D eigenvalue weighted by Gasteiger charge is 2.30. The van der Waals surface area contributed by atoms with Gasteiger partial charge in [0.25, 0.3) is 5.91 Å². The second kappa shape index (κ2) is 8.73. The second-order valence-corrected chi connectivity index (χ2v) is 7.83. The molecule has 142 valence electrons. The van der Waals surface area contributed by atoms with Crippen molar-refractivity contribution in [2.75, 3.05) is 18.2 Å². The maximum absolute atomic E-state index is 12.2. The van der Waals surface area contributed by atoms with Gasteiger partial charge in [0.1, 0.15) is 16.6 Å². The molecule has 0 aliphatic rings. The second-order valence-electron chi connectivity index (χ2n) is 5.84. The lowest BCUT2D eigenvalue weighted by molar-refractivity contribution is -0.144. The van der Waals surface area contributed by atoms with Crippen LogP contribution in [-0.2, 0) is 24.2 Å². The van der Waals surface area contributed by atoms with Crippen molar-refractivity contribution in [3.8, 4) is 6.07 Å². The van der Waals surface area contributed by atoms with Gasteiger partial charge in [0.15, 0.2) is 15.5 Å². The molecule has 26 heavy (non-hydrogen) atoms. The molecule has 1 aromatic heterocycles. The van der Waals surface area contributed by atoms with Crippen molar-refractivity contribution in [1.29, 1.82) is 5.26 Å². The standard InChI is InChI=1S/C16H21N3O6S/c1-4-25-14(20)6-5-7-16(2,22)15(21)19-11-8-13(26(3,23)24)12(9-17)18-10-11/h8,10,22H,4-7H2,1-3H3,(H,19,21)/t16-/m1/s1. The lowest BCUT2D eigenvalue weighted by Gasteiger charge is -2.22. The van der Waals surface area contributed by atoms with Crippen molar-refractivity contribution in [2.45, 2.75) is 43.6 Å². The van der Waals surface area contributed by atoms with Crippen LogP contribution in [0.5, 0.6) is 0 Å². The smallest absolute Gasteiger partial charge is 0.305 e. The third-order valence-electron chi connectivity index (χ3n) is 3.45. The van der Waals surface area contributed by atoms with Gasteiger partial charge in [-0.05, 0) is 32.8 Å². The van der Waals surface area contributed by atoms with Crippen LogP contribution in [0.3, 0.4) is 0 Å². The summed E-state index contributed by atoms with van der Waals surface area (Å²) in [6.07, 6.45) is 2.34. The monoisotopic (exact) mass is 383 g/mol.